The molecule has 0 heterocycles. The Balaban J connectivity index is 0.000000408. The van der Waals surface area contributed by atoms with Gasteiger partial charge in [0.05, 0.1) is 6.10 Å². The first-order chi connectivity index (χ1) is 13.3. The van der Waals surface area contributed by atoms with E-state index in [1.54, 1.807) is 7.11 Å². The van der Waals surface area contributed by atoms with Crippen LogP contribution in [-0.4, -0.2) is 13.2 Å². The Hall–Kier alpha value is -0.651. The summed E-state index contributed by atoms with van der Waals surface area (Å²) in [6.07, 6.45) is 16.7. The Kier molecular flexibility index (Phi) is 10.8. The SMILES string of the molecule is CO[C@@H](C)[C]1[CH][CH][CH][C]1P(c1ccccc1)c1ccccc1.[CH]1[CH][CH][CH][CH]1.[Fe+2]. The molecule has 0 saturated heterocycles. The third-order valence-corrected chi connectivity index (χ3v) is 6.96. The van der Waals surface area contributed by atoms with E-state index in [0.717, 1.165) is 0 Å². The molecule has 142 valence electrons. The van der Waals surface area contributed by atoms with Crippen molar-refractivity contribution >= 4 is 18.5 Å². The van der Waals surface area contributed by atoms with Crippen molar-refractivity contribution in [2.45, 2.75) is 13.0 Å². The van der Waals surface area contributed by atoms with Gasteiger partial charge in [-0.05, 0) is 76.8 Å². The van der Waals surface area contributed by atoms with E-state index in [4.69, 9.17) is 4.74 Å². The molecule has 3 heteroatoms. The van der Waals surface area contributed by atoms with Gasteiger partial charge >= 0.3 is 17.1 Å². The largest absolute Gasteiger partial charge is 2.00 e. The van der Waals surface area contributed by atoms with Crippen LogP contribution in [0, 0.1) is 62.9 Å². The summed E-state index contributed by atoms with van der Waals surface area (Å²) in [4.78, 5) is 0. The molecule has 0 amide bonds. The van der Waals surface area contributed by atoms with E-state index < -0.39 is 7.92 Å². The molecular weight excluding hydrogens is 403 g/mol. The summed E-state index contributed by atoms with van der Waals surface area (Å²) in [5.41, 5.74) is 1.39. The summed E-state index contributed by atoms with van der Waals surface area (Å²) in [6.45, 7) is 2.11. The number of hydrogen-bond acceptors (Lipinski definition) is 1. The monoisotopic (exact) mass is 428 g/mol. The molecule has 0 aliphatic heterocycles. The van der Waals surface area contributed by atoms with Crippen LogP contribution in [0.4, 0.5) is 0 Å². The van der Waals surface area contributed by atoms with Crippen molar-refractivity contribution in [1.29, 1.82) is 0 Å². The normalized spacial score (nSPS) is 18.4. The van der Waals surface area contributed by atoms with Gasteiger partial charge in [-0.1, -0.05) is 60.7 Å². The molecule has 2 fully saturated rings. The van der Waals surface area contributed by atoms with Crippen LogP contribution in [0.25, 0.3) is 0 Å². The molecule has 0 unspecified atom stereocenters. The minimum absolute atomic E-state index is 0. The van der Waals surface area contributed by atoms with Crippen LogP contribution in [0.2, 0.25) is 0 Å². The van der Waals surface area contributed by atoms with Crippen LogP contribution in [-0.2, 0) is 21.8 Å². The summed E-state index contributed by atoms with van der Waals surface area (Å²) in [6, 6.07) is 21.6. The zero-order chi connectivity index (χ0) is 18.9. The maximum absolute atomic E-state index is 5.57. The Bertz CT molecular complexity index is 597. The maximum Gasteiger partial charge on any atom is 2.00 e. The van der Waals surface area contributed by atoms with Gasteiger partial charge in [-0.3, -0.25) is 0 Å². The van der Waals surface area contributed by atoms with E-state index in [0.29, 0.717) is 0 Å². The summed E-state index contributed by atoms with van der Waals surface area (Å²) in [5, 5.41) is 2.75. The van der Waals surface area contributed by atoms with Gasteiger partial charge < -0.3 is 4.74 Å². The smallest absolute Gasteiger partial charge is 0.381 e. The minimum atomic E-state index is -0.548. The van der Waals surface area contributed by atoms with Crippen LogP contribution in [0.5, 0.6) is 0 Å². The van der Waals surface area contributed by atoms with E-state index in [2.05, 4.69) is 86.8 Å². The fraction of sp³-hybridized carbons (Fsp3) is 0.120. The van der Waals surface area contributed by atoms with Crippen molar-refractivity contribution in [3.63, 3.8) is 0 Å². The van der Waals surface area contributed by atoms with E-state index in [1.165, 1.54) is 22.2 Å². The Morgan fingerprint density at radius 3 is 1.57 bits per heavy atom. The zero-order valence-electron chi connectivity index (χ0n) is 16.2. The molecule has 1 atom stereocenters. The fourth-order valence-corrected chi connectivity index (χ4v) is 5.55. The van der Waals surface area contributed by atoms with E-state index in [-0.39, 0.29) is 23.2 Å². The molecule has 0 aromatic heterocycles. The average molecular weight is 428 g/mol. The van der Waals surface area contributed by atoms with Crippen molar-refractivity contribution in [2.75, 3.05) is 7.11 Å². The molecular formula is C25H25FeOP+2. The van der Waals surface area contributed by atoms with Crippen LogP contribution in [0.3, 0.4) is 0 Å². The van der Waals surface area contributed by atoms with Gasteiger partial charge in [0, 0.05) is 18.7 Å². The topological polar surface area (TPSA) is 9.23 Å². The molecule has 2 aromatic rings. The van der Waals surface area contributed by atoms with Gasteiger partial charge in [0.1, 0.15) is 0 Å². The molecule has 2 aliphatic carbocycles. The average Bonchev–Trinajstić information content (AvgIpc) is 3.45. The zero-order valence-corrected chi connectivity index (χ0v) is 18.2. The molecule has 2 aromatic carbocycles. The second-order valence-corrected chi connectivity index (χ2v) is 8.40. The van der Waals surface area contributed by atoms with Gasteiger partial charge in [-0.15, -0.1) is 0 Å². The predicted molar refractivity (Wildman–Crippen MR) is 116 cm³/mol. The van der Waals surface area contributed by atoms with Crippen LogP contribution < -0.4 is 10.6 Å². The van der Waals surface area contributed by atoms with Gasteiger partial charge in [0.2, 0.25) is 0 Å². The third-order valence-electron chi connectivity index (χ3n) is 4.44. The Morgan fingerprint density at radius 1 is 0.679 bits per heavy atom. The van der Waals surface area contributed by atoms with Crippen molar-refractivity contribution in [3.8, 4) is 0 Å². The first-order valence-electron chi connectivity index (χ1n) is 9.16. The van der Waals surface area contributed by atoms with Gasteiger partial charge in [-0.25, -0.2) is 0 Å². The molecule has 0 N–H and O–H groups in total. The number of rotatable bonds is 5. The summed E-state index contributed by atoms with van der Waals surface area (Å²) in [5.74, 6) is 1.29. The van der Waals surface area contributed by atoms with E-state index in [9.17, 15) is 0 Å². The summed E-state index contributed by atoms with van der Waals surface area (Å²) in [7, 11) is 1.22. The van der Waals surface area contributed by atoms with E-state index in [1.807, 2.05) is 32.1 Å². The van der Waals surface area contributed by atoms with Crippen LogP contribution in [0.1, 0.15) is 6.92 Å². The van der Waals surface area contributed by atoms with E-state index >= 15 is 0 Å². The quantitative estimate of drug-likeness (QED) is 0.486. The number of benzene rings is 2. The first kappa shape index (κ1) is 23.6. The Labute approximate surface area is 183 Å². The number of methoxy groups -OCH3 is 1. The molecule has 2 saturated carbocycles. The van der Waals surface area contributed by atoms with Gasteiger partial charge in [-0.2, -0.15) is 0 Å². The summed E-state index contributed by atoms with van der Waals surface area (Å²) >= 11 is 0. The molecule has 28 heavy (non-hydrogen) atoms. The van der Waals surface area contributed by atoms with Crippen molar-refractivity contribution in [3.05, 3.63) is 124 Å². The third kappa shape index (κ3) is 6.43. The van der Waals surface area contributed by atoms with Crippen LogP contribution in [0.15, 0.2) is 60.7 Å². The predicted octanol–water partition coefficient (Wildman–Crippen LogP) is 4.91. The van der Waals surface area contributed by atoms with Crippen molar-refractivity contribution in [2.24, 2.45) is 0 Å². The van der Waals surface area contributed by atoms with Crippen molar-refractivity contribution in [1.82, 2.24) is 0 Å². The van der Waals surface area contributed by atoms with Gasteiger partial charge in [0.15, 0.2) is 0 Å². The molecule has 4 rings (SSSR count). The maximum atomic E-state index is 5.57. The molecule has 1 nitrogen and oxygen atoms in total. The summed E-state index contributed by atoms with van der Waals surface area (Å²) < 4.78 is 5.57. The molecule has 0 spiro atoms. The Morgan fingerprint density at radius 2 is 1.14 bits per heavy atom. The number of ether oxygens (including phenoxy) is 1. The standard InChI is InChI=1S/C20H20OP.C5H5.Fe/c1-16(21-2)19-14-9-15-20(19)22(17-10-5-3-6-11-17)18-12-7-4-8-13-18;1-2-4-5-3-1;/h3-16H,1-2H3;1-5H;/q;;+2/t16-;;/m0../s1. The molecule has 2 aliphatic rings. The minimum Gasteiger partial charge on any atom is -0.381 e. The molecule has 10 radical (unpaired) electrons. The fourth-order valence-electron chi connectivity index (χ4n) is 3.00. The second-order valence-electron chi connectivity index (χ2n) is 6.21. The number of hydrogen-bond donors (Lipinski definition) is 0. The van der Waals surface area contributed by atoms with Crippen LogP contribution >= 0.6 is 7.92 Å². The van der Waals surface area contributed by atoms with Gasteiger partial charge in [0.25, 0.3) is 0 Å². The van der Waals surface area contributed by atoms with Crippen molar-refractivity contribution < 1.29 is 21.8 Å². The first-order valence-corrected chi connectivity index (χ1v) is 10.5. The second kappa shape index (κ2) is 12.8. The molecule has 0 bridgehead atoms.